The summed E-state index contributed by atoms with van der Waals surface area (Å²) in [5.74, 6) is 0.903. The van der Waals surface area contributed by atoms with Gasteiger partial charge in [-0.1, -0.05) is 6.92 Å². The topological polar surface area (TPSA) is 59.5 Å². The first-order valence-corrected chi connectivity index (χ1v) is 9.38. The van der Waals surface area contributed by atoms with E-state index in [1.807, 2.05) is 24.3 Å². The van der Waals surface area contributed by atoms with Crippen LogP contribution in [0, 0.1) is 0 Å². The maximum Gasteiger partial charge on any atom is 0.178 e. The molecule has 6 heteroatoms. The molecular formula is C17H20N2O3S. The van der Waals surface area contributed by atoms with E-state index in [1.165, 1.54) is 0 Å². The zero-order chi connectivity index (χ0) is 16.3. The van der Waals surface area contributed by atoms with Crippen LogP contribution in [0.1, 0.15) is 13.3 Å². The molecule has 0 bridgehead atoms. The van der Waals surface area contributed by atoms with Crippen LogP contribution in [0.4, 0.5) is 5.69 Å². The number of ether oxygens (including phenoxy) is 1. The van der Waals surface area contributed by atoms with Gasteiger partial charge in [0.25, 0.3) is 0 Å². The van der Waals surface area contributed by atoms with Crippen LogP contribution in [0.3, 0.4) is 0 Å². The van der Waals surface area contributed by atoms with Crippen molar-refractivity contribution in [1.82, 2.24) is 4.98 Å². The van der Waals surface area contributed by atoms with Crippen LogP contribution in [-0.4, -0.2) is 38.3 Å². The van der Waals surface area contributed by atoms with Crippen molar-refractivity contribution in [2.75, 3.05) is 23.7 Å². The smallest absolute Gasteiger partial charge is 0.178 e. The number of nitrogens with zero attached hydrogens (tertiary/aromatic N) is 2. The third-order valence-electron chi connectivity index (χ3n) is 4.02. The van der Waals surface area contributed by atoms with Gasteiger partial charge in [-0.25, -0.2) is 8.42 Å². The van der Waals surface area contributed by atoms with Crippen molar-refractivity contribution < 1.29 is 13.2 Å². The average molecular weight is 332 g/mol. The van der Waals surface area contributed by atoms with Gasteiger partial charge >= 0.3 is 0 Å². The lowest BCUT2D eigenvalue weighted by Gasteiger charge is -2.19. The van der Waals surface area contributed by atoms with Gasteiger partial charge in [0.2, 0.25) is 0 Å². The van der Waals surface area contributed by atoms with E-state index in [0.717, 1.165) is 30.9 Å². The van der Waals surface area contributed by atoms with E-state index in [-0.39, 0.29) is 11.9 Å². The zero-order valence-electron chi connectivity index (χ0n) is 13.1. The number of rotatable bonds is 5. The molecule has 122 valence electrons. The van der Waals surface area contributed by atoms with Crippen molar-refractivity contribution in [2.45, 2.75) is 24.3 Å². The summed E-state index contributed by atoms with van der Waals surface area (Å²) < 4.78 is 29.6. The highest BCUT2D eigenvalue weighted by Gasteiger charge is 2.24. The predicted molar refractivity (Wildman–Crippen MR) is 89.7 cm³/mol. The molecule has 0 aliphatic carbocycles. The van der Waals surface area contributed by atoms with E-state index < -0.39 is 9.84 Å². The highest BCUT2D eigenvalue weighted by molar-refractivity contribution is 7.91. The third kappa shape index (κ3) is 3.64. The largest absolute Gasteiger partial charge is 0.487 e. The molecule has 3 rings (SSSR count). The summed E-state index contributed by atoms with van der Waals surface area (Å²) in [6, 6.07) is 10.9. The van der Waals surface area contributed by atoms with Gasteiger partial charge in [0, 0.05) is 24.8 Å². The summed E-state index contributed by atoms with van der Waals surface area (Å²) in [5, 5.41) is 0. The van der Waals surface area contributed by atoms with E-state index >= 15 is 0 Å². The van der Waals surface area contributed by atoms with E-state index in [9.17, 15) is 8.42 Å². The molecule has 0 N–H and O–H groups in total. The second-order valence-corrected chi connectivity index (χ2v) is 7.84. The average Bonchev–Trinajstić information content (AvgIpc) is 3.04. The molecule has 5 nitrogen and oxygen atoms in total. The fraction of sp³-hybridized carbons (Fsp3) is 0.353. The maximum atomic E-state index is 11.8. The number of hydrogen-bond acceptors (Lipinski definition) is 5. The van der Waals surface area contributed by atoms with E-state index in [4.69, 9.17) is 4.74 Å². The van der Waals surface area contributed by atoms with Crippen LogP contribution < -0.4 is 9.64 Å². The van der Waals surface area contributed by atoms with Crippen LogP contribution in [0.5, 0.6) is 5.75 Å². The van der Waals surface area contributed by atoms with Crippen LogP contribution in [-0.2, 0) is 9.84 Å². The first kappa shape index (κ1) is 15.8. The summed E-state index contributed by atoms with van der Waals surface area (Å²) in [6.45, 7) is 3.34. The SMILES string of the molecule is CCS(=O)(=O)c1ccc(N2CC[C@@H](Oc3cccnc3)C2)cc1. The quantitative estimate of drug-likeness (QED) is 0.842. The molecule has 0 unspecified atom stereocenters. The molecule has 1 aliphatic heterocycles. The van der Waals surface area contributed by atoms with Gasteiger partial charge in [-0.15, -0.1) is 0 Å². The van der Waals surface area contributed by atoms with Gasteiger partial charge < -0.3 is 9.64 Å². The maximum absolute atomic E-state index is 11.8. The number of pyridine rings is 1. The van der Waals surface area contributed by atoms with Crippen molar-refractivity contribution in [3.8, 4) is 5.75 Å². The van der Waals surface area contributed by atoms with Gasteiger partial charge in [0.15, 0.2) is 9.84 Å². The predicted octanol–water partition coefficient (Wildman–Crippen LogP) is 2.53. The van der Waals surface area contributed by atoms with Crippen molar-refractivity contribution in [3.05, 3.63) is 48.8 Å². The van der Waals surface area contributed by atoms with E-state index in [0.29, 0.717) is 4.90 Å². The third-order valence-corrected chi connectivity index (χ3v) is 5.77. The minimum atomic E-state index is -3.14. The molecule has 1 aromatic carbocycles. The Hall–Kier alpha value is -2.08. The lowest BCUT2D eigenvalue weighted by atomic mass is 10.3. The van der Waals surface area contributed by atoms with Crippen LogP contribution in [0.25, 0.3) is 0 Å². The summed E-state index contributed by atoms with van der Waals surface area (Å²) >= 11 is 0. The molecule has 2 aromatic rings. The molecular weight excluding hydrogens is 312 g/mol. The molecule has 0 radical (unpaired) electrons. The highest BCUT2D eigenvalue weighted by Crippen LogP contribution is 2.24. The minimum Gasteiger partial charge on any atom is -0.487 e. The molecule has 0 saturated carbocycles. The first-order chi connectivity index (χ1) is 11.1. The van der Waals surface area contributed by atoms with Crippen LogP contribution in [0.15, 0.2) is 53.7 Å². The Morgan fingerprint density at radius 2 is 2.04 bits per heavy atom. The van der Waals surface area contributed by atoms with Gasteiger partial charge in [-0.3, -0.25) is 4.98 Å². The van der Waals surface area contributed by atoms with Gasteiger partial charge in [-0.2, -0.15) is 0 Å². The van der Waals surface area contributed by atoms with Crippen molar-refractivity contribution in [1.29, 1.82) is 0 Å². The molecule has 2 heterocycles. The highest BCUT2D eigenvalue weighted by atomic mass is 32.2. The van der Waals surface area contributed by atoms with Gasteiger partial charge in [-0.05, 0) is 36.4 Å². The van der Waals surface area contributed by atoms with Crippen LogP contribution >= 0.6 is 0 Å². The summed E-state index contributed by atoms with van der Waals surface area (Å²) in [6.07, 6.45) is 4.50. The number of anilines is 1. The Bertz CT molecular complexity index is 745. The molecule has 1 saturated heterocycles. The molecule has 23 heavy (non-hydrogen) atoms. The van der Waals surface area contributed by atoms with E-state index in [1.54, 1.807) is 31.5 Å². The summed E-state index contributed by atoms with van der Waals surface area (Å²) in [7, 11) is -3.14. The minimum absolute atomic E-state index is 0.122. The molecule has 0 spiro atoms. The van der Waals surface area contributed by atoms with Crippen molar-refractivity contribution >= 4 is 15.5 Å². The lowest BCUT2D eigenvalue weighted by molar-refractivity contribution is 0.224. The van der Waals surface area contributed by atoms with Crippen LogP contribution in [0.2, 0.25) is 0 Å². The second kappa shape index (κ2) is 6.58. The van der Waals surface area contributed by atoms with E-state index in [2.05, 4.69) is 9.88 Å². The Morgan fingerprint density at radius 1 is 1.26 bits per heavy atom. The Morgan fingerprint density at radius 3 is 2.70 bits per heavy atom. The molecule has 1 aromatic heterocycles. The Kier molecular flexibility index (Phi) is 4.52. The Labute approximate surface area is 136 Å². The first-order valence-electron chi connectivity index (χ1n) is 7.73. The number of aromatic nitrogens is 1. The number of hydrogen-bond donors (Lipinski definition) is 0. The molecule has 1 atom stereocenters. The second-order valence-electron chi connectivity index (χ2n) is 5.56. The zero-order valence-corrected chi connectivity index (χ0v) is 13.9. The summed E-state index contributed by atoms with van der Waals surface area (Å²) in [4.78, 5) is 6.64. The van der Waals surface area contributed by atoms with Crippen molar-refractivity contribution in [3.63, 3.8) is 0 Å². The van der Waals surface area contributed by atoms with Crippen molar-refractivity contribution in [2.24, 2.45) is 0 Å². The fourth-order valence-electron chi connectivity index (χ4n) is 2.70. The molecule has 1 fully saturated rings. The number of sulfone groups is 1. The van der Waals surface area contributed by atoms with Gasteiger partial charge in [0.05, 0.1) is 23.4 Å². The lowest BCUT2D eigenvalue weighted by Crippen LogP contribution is -2.24. The number of benzene rings is 1. The van der Waals surface area contributed by atoms with Gasteiger partial charge in [0.1, 0.15) is 11.9 Å². The standard InChI is InChI=1S/C17H20N2O3S/c1-2-23(20,21)17-7-5-14(6-8-17)19-11-9-16(13-19)22-15-4-3-10-18-12-15/h3-8,10,12,16H,2,9,11,13H2,1H3/t16-/m1/s1. The Balaban J connectivity index is 1.65. The fourth-order valence-corrected chi connectivity index (χ4v) is 3.58. The normalized spacial score (nSPS) is 18.1. The molecule has 0 amide bonds. The monoisotopic (exact) mass is 332 g/mol. The summed E-state index contributed by atoms with van der Waals surface area (Å²) in [5.41, 5.74) is 1.03. The molecule has 1 aliphatic rings.